The van der Waals surface area contributed by atoms with E-state index >= 15 is 0 Å². The maximum Gasteiger partial charge on any atom is 0.239 e. The van der Waals surface area contributed by atoms with E-state index in [9.17, 15) is 32.6 Å². The second-order valence-electron chi connectivity index (χ2n) is 15.1. The summed E-state index contributed by atoms with van der Waals surface area (Å²) in [7, 11) is -2.34. The SMILES string of the molecule is CC/C=C\C/C=C\C/C=C\C/C=C\C/C=C\CCCC(=O)N1CC[C@@H](NC(=O)CC(O)CC(O)C=Cc2c(-c3ccc(F)cc3)nc(N(C)S(C)(=O)=O)nc2C(C)C)C1. The fourth-order valence-corrected chi connectivity index (χ4v) is 6.73. The number of carbonyl (C=O) groups is 2. The van der Waals surface area contributed by atoms with E-state index in [-0.39, 0.29) is 42.6 Å². The van der Waals surface area contributed by atoms with Crippen molar-refractivity contribution >= 4 is 33.9 Å². The zero-order chi connectivity index (χ0) is 43.2. The van der Waals surface area contributed by atoms with Crippen molar-refractivity contribution < 1.29 is 32.6 Å². The van der Waals surface area contributed by atoms with Crippen molar-refractivity contribution in [2.75, 3.05) is 30.7 Å². The van der Waals surface area contributed by atoms with Crippen LogP contribution in [-0.2, 0) is 19.6 Å². The van der Waals surface area contributed by atoms with E-state index in [2.05, 4.69) is 83.0 Å². The fourth-order valence-electron chi connectivity index (χ4n) is 6.35. The van der Waals surface area contributed by atoms with Crippen LogP contribution in [0.25, 0.3) is 17.3 Å². The average molecular weight is 834 g/mol. The van der Waals surface area contributed by atoms with Gasteiger partial charge in [-0.1, -0.05) is 93.7 Å². The Morgan fingerprint density at radius 1 is 0.949 bits per heavy atom. The summed E-state index contributed by atoms with van der Waals surface area (Å²) in [5.74, 6) is -0.998. The Morgan fingerprint density at radius 3 is 2.12 bits per heavy atom. The van der Waals surface area contributed by atoms with E-state index in [1.807, 2.05) is 13.8 Å². The molecule has 2 amide bonds. The molecule has 2 unspecified atom stereocenters. The third-order valence-corrected chi connectivity index (χ3v) is 10.8. The number of nitrogens with one attached hydrogen (secondary N) is 1. The molecule has 13 heteroatoms. The van der Waals surface area contributed by atoms with Gasteiger partial charge in [0.15, 0.2) is 0 Å². The Labute approximate surface area is 351 Å². The molecule has 2 heterocycles. The molecule has 1 saturated heterocycles. The molecule has 0 bridgehead atoms. The van der Waals surface area contributed by atoms with Gasteiger partial charge in [0.25, 0.3) is 0 Å². The van der Waals surface area contributed by atoms with Crippen LogP contribution in [0.2, 0.25) is 0 Å². The molecule has 3 atom stereocenters. The lowest BCUT2D eigenvalue weighted by Gasteiger charge is -2.20. The predicted molar refractivity (Wildman–Crippen MR) is 236 cm³/mol. The number of aliphatic hydroxyl groups excluding tert-OH is 2. The van der Waals surface area contributed by atoms with E-state index in [1.54, 1.807) is 11.0 Å². The summed E-state index contributed by atoms with van der Waals surface area (Å²) in [6.45, 7) is 6.87. The Morgan fingerprint density at radius 2 is 1.54 bits per heavy atom. The van der Waals surface area contributed by atoms with Crippen LogP contribution in [0, 0.1) is 5.82 Å². The number of sulfonamides is 1. The second-order valence-corrected chi connectivity index (χ2v) is 17.1. The Kier molecular flexibility index (Phi) is 21.2. The standard InChI is InChI=1S/C46H64FN5O6S/c1-6-7-8-9-10-11-12-13-14-15-16-17-18-19-20-21-22-23-43(56)52-31-30-38(34-52)48-42(55)33-40(54)32-39(53)28-29-41-44(35(2)3)49-46(51(4)59(5,57)58)50-45(41)36-24-26-37(47)27-25-36/h7-8,10-11,13-14,16-17,19-20,24-29,35,38-40,53-54H,6,9,12,15,18,21-23,30-34H2,1-5H3,(H,48,55)/b8-7-,11-10-,14-13-,17-16-,20-19-,29-28?/t38-,39?,40?/m1/s1. The van der Waals surface area contributed by atoms with Crippen molar-refractivity contribution in [1.82, 2.24) is 20.2 Å². The molecular formula is C46H64FN5O6S. The fraction of sp³-hybridized carbons (Fsp3) is 0.478. The Hall–Kier alpha value is -4.72. The quantitative estimate of drug-likeness (QED) is 0.0712. The summed E-state index contributed by atoms with van der Waals surface area (Å²) in [6, 6.07) is 5.38. The summed E-state index contributed by atoms with van der Waals surface area (Å²) < 4.78 is 39.4. The number of hydrogen-bond donors (Lipinski definition) is 3. The Bertz CT molecular complexity index is 1920. The normalized spacial score (nSPS) is 16.3. The van der Waals surface area contributed by atoms with Crippen molar-refractivity contribution in [2.24, 2.45) is 0 Å². The molecule has 0 saturated carbocycles. The van der Waals surface area contributed by atoms with Crippen LogP contribution < -0.4 is 9.62 Å². The molecule has 3 N–H and O–H groups in total. The van der Waals surface area contributed by atoms with Crippen LogP contribution in [0.15, 0.2) is 91.1 Å². The summed E-state index contributed by atoms with van der Waals surface area (Å²) in [6.07, 6.45) is 30.5. The van der Waals surface area contributed by atoms with Gasteiger partial charge in [0, 0.05) is 50.1 Å². The summed E-state index contributed by atoms with van der Waals surface area (Å²) in [4.78, 5) is 36.4. The molecule has 11 nitrogen and oxygen atoms in total. The number of unbranched alkanes of at least 4 members (excludes halogenated alkanes) is 1. The van der Waals surface area contributed by atoms with Gasteiger partial charge in [0.05, 0.1) is 36.3 Å². The lowest BCUT2D eigenvalue weighted by atomic mass is 9.97. The largest absolute Gasteiger partial charge is 0.392 e. The zero-order valence-electron chi connectivity index (χ0n) is 35.3. The highest BCUT2D eigenvalue weighted by molar-refractivity contribution is 7.92. The molecule has 0 aliphatic carbocycles. The van der Waals surface area contributed by atoms with Gasteiger partial charge in [-0.15, -0.1) is 0 Å². The molecule has 3 rings (SSSR count). The molecule has 322 valence electrons. The molecule has 1 aromatic heterocycles. The number of halogens is 1. The van der Waals surface area contributed by atoms with Gasteiger partial charge in [-0.3, -0.25) is 9.59 Å². The minimum absolute atomic E-state index is 0.0540. The molecule has 0 radical (unpaired) electrons. The first-order chi connectivity index (χ1) is 28.2. The van der Waals surface area contributed by atoms with E-state index < -0.39 is 28.0 Å². The highest BCUT2D eigenvalue weighted by atomic mass is 32.2. The smallest absolute Gasteiger partial charge is 0.239 e. The number of carbonyl (C=O) groups excluding carboxylic acids is 2. The number of rotatable bonds is 24. The van der Waals surface area contributed by atoms with Gasteiger partial charge >= 0.3 is 0 Å². The van der Waals surface area contributed by atoms with Gasteiger partial charge < -0.3 is 20.4 Å². The molecular weight excluding hydrogens is 770 g/mol. The maximum atomic E-state index is 13.8. The van der Waals surface area contributed by atoms with Gasteiger partial charge in [-0.05, 0) is 81.5 Å². The molecule has 59 heavy (non-hydrogen) atoms. The number of likely N-dealkylation sites (tertiary alicyclic amines) is 1. The molecule has 1 aliphatic rings. The number of hydrogen-bond acceptors (Lipinski definition) is 8. The van der Waals surface area contributed by atoms with Gasteiger partial charge in [-0.25, -0.2) is 27.1 Å². The molecule has 0 spiro atoms. The Balaban J connectivity index is 1.42. The summed E-state index contributed by atoms with van der Waals surface area (Å²) in [5.41, 5.74) is 1.85. The van der Waals surface area contributed by atoms with E-state index in [4.69, 9.17) is 0 Å². The highest BCUT2D eigenvalue weighted by Crippen LogP contribution is 2.32. The molecule has 1 fully saturated rings. The van der Waals surface area contributed by atoms with E-state index in [1.165, 1.54) is 37.4 Å². The first-order valence-electron chi connectivity index (χ1n) is 20.7. The van der Waals surface area contributed by atoms with Crippen LogP contribution in [0.1, 0.15) is 109 Å². The summed E-state index contributed by atoms with van der Waals surface area (Å²) >= 11 is 0. The van der Waals surface area contributed by atoms with Crippen LogP contribution in [0.3, 0.4) is 0 Å². The van der Waals surface area contributed by atoms with Crippen molar-refractivity contribution in [3.05, 3.63) is 108 Å². The average Bonchev–Trinajstić information content (AvgIpc) is 3.65. The summed E-state index contributed by atoms with van der Waals surface area (Å²) in [5, 5.41) is 24.5. The third-order valence-electron chi connectivity index (χ3n) is 9.65. The first kappa shape index (κ1) is 48.6. The molecule has 1 aliphatic heterocycles. The number of aromatic nitrogens is 2. The van der Waals surface area contributed by atoms with Gasteiger partial charge in [-0.2, -0.15) is 0 Å². The predicted octanol–water partition coefficient (Wildman–Crippen LogP) is 7.96. The minimum Gasteiger partial charge on any atom is -0.392 e. The van der Waals surface area contributed by atoms with Gasteiger partial charge in [0.1, 0.15) is 5.82 Å². The zero-order valence-corrected chi connectivity index (χ0v) is 36.2. The van der Waals surface area contributed by atoms with Crippen molar-refractivity contribution in [3.8, 4) is 11.3 Å². The lowest BCUT2D eigenvalue weighted by Crippen LogP contribution is -2.39. The number of benzene rings is 1. The van der Waals surface area contributed by atoms with Crippen molar-refractivity contribution in [3.63, 3.8) is 0 Å². The van der Waals surface area contributed by atoms with Crippen molar-refractivity contribution in [1.29, 1.82) is 0 Å². The second kappa shape index (κ2) is 25.7. The van der Waals surface area contributed by atoms with Crippen LogP contribution in [0.4, 0.5) is 10.3 Å². The van der Waals surface area contributed by atoms with Crippen LogP contribution in [0.5, 0.6) is 0 Å². The van der Waals surface area contributed by atoms with E-state index in [0.29, 0.717) is 48.4 Å². The monoisotopic (exact) mass is 833 g/mol. The first-order valence-corrected chi connectivity index (χ1v) is 22.5. The number of aliphatic hydroxyl groups is 2. The maximum absolute atomic E-state index is 13.8. The van der Waals surface area contributed by atoms with Gasteiger partial charge in [0.2, 0.25) is 27.8 Å². The third kappa shape index (κ3) is 18.0. The lowest BCUT2D eigenvalue weighted by molar-refractivity contribution is -0.130. The number of nitrogens with zero attached hydrogens (tertiary/aromatic N) is 4. The number of allylic oxidation sites excluding steroid dienone is 10. The minimum atomic E-state index is -3.69. The van der Waals surface area contributed by atoms with Crippen molar-refractivity contribution in [2.45, 2.75) is 116 Å². The number of anilines is 1. The molecule has 1 aromatic carbocycles. The topological polar surface area (TPSA) is 153 Å². The van der Waals surface area contributed by atoms with Crippen LogP contribution in [-0.4, -0.2) is 90.0 Å². The van der Waals surface area contributed by atoms with E-state index in [0.717, 1.165) is 55.5 Å². The van der Waals surface area contributed by atoms with Crippen LogP contribution >= 0.6 is 0 Å². The molecule has 2 aromatic rings. The highest BCUT2D eigenvalue weighted by Gasteiger charge is 2.28. The number of amides is 2.